The van der Waals surface area contributed by atoms with Crippen LogP contribution >= 0.6 is 23.1 Å². The third-order valence-corrected chi connectivity index (χ3v) is 9.40. The van der Waals surface area contributed by atoms with Gasteiger partial charge < -0.3 is 14.5 Å². The van der Waals surface area contributed by atoms with Crippen LogP contribution < -0.4 is 9.64 Å². The lowest BCUT2D eigenvalue weighted by Gasteiger charge is -2.36. The summed E-state index contributed by atoms with van der Waals surface area (Å²) >= 11 is 3.11. The van der Waals surface area contributed by atoms with Gasteiger partial charge in [-0.2, -0.15) is 0 Å². The van der Waals surface area contributed by atoms with Gasteiger partial charge in [0.1, 0.15) is 22.3 Å². The number of nitrogens with zero attached hydrogens (tertiary/aromatic N) is 6. The molecule has 43 heavy (non-hydrogen) atoms. The number of anilines is 1. The van der Waals surface area contributed by atoms with E-state index in [0.29, 0.717) is 37.6 Å². The summed E-state index contributed by atoms with van der Waals surface area (Å²) in [6.07, 6.45) is 0.684. The first-order chi connectivity index (χ1) is 21.1. The van der Waals surface area contributed by atoms with E-state index in [4.69, 9.17) is 9.72 Å². The zero-order valence-corrected chi connectivity index (χ0v) is 26.0. The van der Waals surface area contributed by atoms with Crippen molar-refractivity contribution in [2.75, 3.05) is 37.7 Å². The Morgan fingerprint density at radius 1 is 0.907 bits per heavy atom. The standard InChI is InChI=1S/C33H34N6O2S2/c1-3-41-29-16-10-9-15-28(29)37-17-19-38(20-18-37)32(40)26-22-42-31(34-26)23-43-33-36-35-30(21-25-12-5-4-6-13-25)39(33)27-14-8-7-11-24(27)2/h4-16,22H,3,17-21,23H2,1-2H3. The molecule has 3 aromatic carbocycles. The first-order valence-corrected chi connectivity index (χ1v) is 16.3. The summed E-state index contributed by atoms with van der Waals surface area (Å²) in [5.74, 6) is 2.37. The van der Waals surface area contributed by atoms with Crippen molar-refractivity contribution < 1.29 is 9.53 Å². The van der Waals surface area contributed by atoms with Gasteiger partial charge in [0.05, 0.1) is 23.7 Å². The minimum absolute atomic E-state index is 0.0153. The lowest BCUT2D eigenvalue weighted by Crippen LogP contribution is -2.49. The van der Waals surface area contributed by atoms with E-state index < -0.39 is 0 Å². The molecule has 0 aliphatic carbocycles. The van der Waals surface area contributed by atoms with E-state index in [1.54, 1.807) is 11.8 Å². The first kappa shape index (κ1) is 28.9. The SMILES string of the molecule is CCOc1ccccc1N1CCN(C(=O)c2csc(CSc3nnc(Cc4ccccc4)n3-c3ccccc3C)n2)CC1. The van der Waals surface area contributed by atoms with Crippen LogP contribution in [0, 0.1) is 6.92 Å². The Kier molecular flexibility index (Phi) is 9.04. The smallest absolute Gasteiger partial charge is 0.273 e. The summed E-state index contributed by atoms with van der Waals surface area (Å²) in [5, 5.41) is 12.7. The predicted molar refractivity (Wildman–Crippen MR) is 173 cm³/mol. The van der Waals surface area contributed by atoms with Crippen molar-refractivity contribution in [2.45, 2.75) is 31.2 Å². The number of thioether (sulfide) groups is 1. The number of thiazole rings is 1. The number of aromatic nitrogens is 4. The van der Waals surface area contributed by atoms with E-state index in [9.17, 15) is 4.79 Å². The van der Waals surface area contributed by atoms with Crippen LogP contribution in [0.2, 0.25) is 0 Å². The number of carbonyl (C=O) groups is 1. The molecular weight excluding hydrogens is 577 g/mol. The Morgan fingerprint density at radius 3 is 2.40 bits per heavy atom. The Bertz CT molecular complexity index is 1680. The van der Waals surface area contributed by atoms with Crippen molar-refractivity contribution >= 4 is 34.7 Å². The van der Waals surface area contributed by atoms with Gasteiger partial charge in [-0.3, -0.25) is 9.36 Å². The summed E-state index contributed by atoms with van der Waals surface area (Å²) < 4.78 is 7.96. The number of aryl methyl sites for hydroxylation is 1. The second-order valence-corrected chi connectivity index (χ2v) is 12.2. The van der Waals surface area contributed by atoms with Crippen LogP contribution in [0.15, 0.2) is 89.4 Å². The number of hydrogen-bond donors (Lipinski definition) is 0. The van der Waals surface area contributed by atoms with Crippen LogP contribution in [0.3, 0.4) is 0 Å². The summed E-state index contributed by atoms with van der Waals surface area (Å²) in [6, 6.07) is 26.7. The maximum absolute atomic E-state index is 13.3. The molecule has 0 saturated carbocycles. The fraction of sp³-hybridized carbons (Fsp3) is 0.273. The molecule has 1 amide bonds. The van der Waals surface area contributed by atoms with Gasteiger partial charge in [-0.25, -0.2) is 4.98 Å². The lowest BCUT2D eigenvalue weighted by atomic mass is 10.1. The Labute approximate surface area is 260 Å². The molecule has 1 aliphatic rings. The van der Waals surface area contributed by atoms with Crippen molar-refractivity contribution in [1.82, 2.24) is 24.6 Å². The fourth-order valence-corrected chi connectivity index (χ4v) is 7.00. The molecule has 220 valence electrons. The van der Waals surface area contributed by atoms with Gasteiger partial charge in [-0.1, -0.05) is 72.4 Å². The molecule has 0 radical (unpaired) electrons. The van der Waals surface area contributed by atoms with Crippen molar-refractivity contribution in [2.24, 2.45) is 0 Å². The van der Waals surface area contributed by atoms with E-state index in [0.717, 1.165) is 51.8 Å². The minimum Gasteiger partial charge on any atom is -0.492 e. The molecule has 1 fully saturated rings. The summed E-state index contributed by atoms with van der Waals surface area (Å²) in [7, 11) is 0. The number of rotatable bonds is 10. The van der Waals surface area contributed by atoms with Gasteiger partial charge >= 0.3 is 0 Å². The maximum Gasteiger partial charge on any atom is 0.273 e. The van der Waals surface area contributed by atoms with E-state index in [2.05, 4.69) is 56.9 Å². The molecule has 0 spiro atoms. The summed E-state index contributed by atoms with van der Waals surface area (Å²) in [6.45, 7) is 7.51. The Hall–Kier alpha value is -4.15. The third-order valence-electron chi connectivity index (χ3n) is 7.43. The summed E-state index contributed by atoms with van der Waals surface area (Å²) in [5.41, 5.74) is 4.99. The van der Waals surface area contributed by atoms with Crippen molar-refractivity contribution in [3.8, 4) is 11.4 Å². The number of amides is 1. The number of carbonyl (C=O) groups excluding carboxylic acids is 1. The Morgan fingerprint density at radius 2 is 1.63 bits per heavy atom. The van der Waals surface area contributed by atoms with E-state index in [1.807, 2.05) is 65.7 Å². The van der Waals surface area contributed by atoms with Crippen molar-refractivity contribution in [1.29, 1.82) is 0 Å². The molecule has 0 atom stereocenters. The van der Waals surface area contributed by atoms with Gasteiger partial charge in [0.2, 0.25) is 0 Å². The predicted octanol–water partition coefficient (Wildman–Crippen LogP) is 6.28. The van der Waals surface area contributed by atoms with E-state index in [1.165, 1.54) is 16.9 Å². The van der Waals surface area contributed by atoms with Crippen LogP contribution in [-0.4, -0.2) is 63.3 Å². The monoisotopic (exact) mass is 610 g/mol. The molecular formula is C33H34N6O2S2. The zero-order chi connectivity index (χ0) is 29.6. The molecule has 3 heterocycles. The highest BCUT2D eigenvalue weighted by molar-refractivity contribution is 7.98. The molecule has 0 unspecified atom stereocenters. The van der Waals surface area contributed by atoms with Crippen molar-refractivity contribution in [3.05, 3.63) is 112 Å². The van der Waals surface area contributed by atoms with Crippen LogP contribution in [0.1, 0.15) is 39.4 Å². The number of ether oxygens (including phenoxy) is 1. The highest BCUT2D eigenvalue weighted by atomic mass is 32.2. The highest BCUT2D eigenvalue weighted by Crippen LogP contribution is 2.30. The number of hydrogen-bond acceptors (Lipinski definition) is 8. The van der Waals surface area contributed by atoms with Crippen LogP contribution in [0.5, 0.6) is 5.75 Å². The third kappa shape index (κ3) is 6.60. The van der Waals surface area contributed by atoms with Crippen LogP contribution in [-0.2, 0) is 12.2 Å². The zero-order valence-electron chi connectivity index (χ0n) is 24.3. The number of para-hydroxylation sites is 3. The topological polar surface area (TPSA) is 76.4 Å². The minimum atomic E-state index is -0.0153. The second-order valence-electron chi connectivity index (χ2n) is 10.3. The van der Waals surface area contributed by atoms with Crippen molar-refractivity contribution in [3.63, 3.8) is 0 Å². The maximum atomic E-state index is 13.3. The molecule has 10 heteroatoms. The van der Waals surface area contributed by atoms with Gasteiger partial charge in [-0.05, 0) is 43.2 Å². The fourth-order valence-electron chi connectivity index (χ4n) is 5.25. The van der Waals surface area contributed by atoms with Crippen LogP contribution in [0.25, 0.3) is 5.69 Å². The number of piperazine rings is 1. The molecule has 0 N–H and O–H groups in total. The molecule has 0 bridgehead atoms. The van der Waals surface area contributed by atoms with E-state index >= 15 is 0 Å². The lowest BCUT2D eigenvalue weighted by molar-refractivity contribution is 0.0741. The Balaban J connectivity index is 1.12. The normalized spacial score (nSPS) is 13.3. The number of benzene rings is 3. The van der Waals surface area contributed by atoms with Gasteiger partial charge in [0.25, 0.3) is 5.91 Å². The molecule has 2 aromatic heterocycles. The average Bonchev–Trinajstić information content (AvgIpc) is 3.68. The van der Waals surface area contributed by atoms with Gasteiger partial charge in [0.15, 0.2) is 5.16 Å². The quantitative estimate of drug-likeness (QED) is 0.172. The van der Waals surface area contributed by atoms with Crippen LogP contribution in [0.4, 0.5) is 5.69 Å². The highest BCUT2D eigenvalue weighted by Gasteiger charge is 2.25. The summed E-state index contributed by atoms with van der Waals surface area (Å²) in [4.78, 5) is 22.3. The second kappa shape index (κ2) is 13.4. The largest absolute Gasteiger partial charge is 0.492 e. The molecule has 1 saturated heterocycles. The first-order valence-electron chi connectivity index (χ1n) is 14.5. The molecule has 8 nitrogen and oxygen atoms in total. The van der Waals surface area contributed by atoms with Gasteiger partial charge in [0, 0.05) is 38.0 Å². The van der Waals surface area contributed by atoms with Gasteiger partial charge in [-0.15, -0.1) is 21.5 Å². The average molecular weight is 611 g/mol. The molecule has 6 rings (SSSR count). The molecule has 1 aliphatic heterocycles. The molecule has 5 aromatic rings. The van der Waals surface area contributed by atoms with E-state index in [-0.39, 0.29) is 5.91 Å².